The molecule has 1 fully saturated rings. The van der Waals surface area contributed by atoms with Gasteiger partial charge in [-0.2, -0.15) is 0 Å². The molecule has 2 aromatic rings. The zero-order valence-corrected chi connectivity index (χ0v) is 20.6. The molecule has 0 radical (unpaired) electrons. The van der Waals surface area contributed by atoms with Crippen LogP contribution in [0.1, 0.15) is 38.3 Å². The zero-order chi connectivity index (χ0) is 23.4. The Morgan fingerprint density at radius 2 is 1.53 bits per heavy atom. The van der Waals surface area contributed by atoms with Crippen LogP contribution in [0.5, 0.6) is 0 Å². The van der Waals surface area contributed by atoms with E-state index in [-0.39, 0.29) is 12.7 Å². The lowest BCUT2D eigenvalue weighted by molar-refractivity contribution is -0.141. The van der Waals surface area contributed by atoms with E-state index < -0.39 is 21.3 Å². The molecule has 32 heavy (non-hydrogen) atoms. The lowest BCUT2D eigenvalue weighted by Crippen LogP contribution is -2.29. The fourth-order valence-electron chi connectivity index (χ4n) is 4.02. The number of hydrogen-bond donors (Lipinski definition) is 0. The summed E-state index contributed by atoms with van der Waals surface area (Å²) in [6, 6.07) is 20.3. The minimum Gasteiger partial charge on any atom is -0.496 e. The van der Waals surface area contributed by atoms with Crippen LogP contribution in [0.15, 0.2) is 72.0 Å². The summed E-state index contributed by atoms with van der Waals surface area (Å²) >= 11 is 17.4. The van der Waals surface area contributed by atoms with Gasteiger partial charge in [0.1, 0.15) is 24.5 Å². The van der Waals surface area contributed by atoms with Crippen molar-refractivity contribution in [2.45, 2.75) is 48.6 Å². The molecule has 0 saturated carbocycles. The molecule has 1 heterocycles. The number of rotatable bonds is 7. The summed E-state index contributed by atoms with van der Waals surface area (Å²) in [5, 5.41) is 0. The Labute approximate surface area is 204 Å². The van der Waals surface area contributed by atoms with Crippen LogP contribution in [0.25, 0.3) is 0 Å². The molecule has 7 heteroatoms. The first kappa shape index (κ1) is 24.9. The molecule has 0 bridgehead atoms. The molecule has 0 aliphatic carbocycles. The Morgan fingerprint density at radius 3 is 2.00 bits per heavy atom. The third-order valence-corrected chi connectivity index (χ3v) is 5.71. The Hall–Kier alpha value is -1.72. The highest BCUT2D eigenvalue weighted by Gasteiger charge is 2.44. The van der Waals surface area contributed by atoms with Crippen molar-refractivity contribution < 1.29 is 19.0 Å². The van der Waals surface area contributed by atoms with Crippen LogP contribution < -0.4 is 0 Å². The predicted molar refractivity (Wildman–Crippen MR) is 128 cm³/mol. The van der Waals surface area contributed by atoms with E-state index >= 15 is 0 Å². The van der Waals surface area contributed by atoms with Gasteiger partial charge in [-0.1, -0.05) is 95.5 Å². The molecule has 1 aliphatic heterocycles. The van der Waals surface area contributed by atoms with E-state index in [0.29, 0.717) is 24.4 Å². The van der Waals surface area contributed by atoms with Crippen LogP contribution in [0.2, 0.25) is 0 Å². The van der Waals surface area contributed by atoms with Gasteiger partial charge in [-0.05, 0) is 31.9 Å². The smallest absolute Gasteiger partial charge is 0.340 e. The molecule has 2 aromatic carbocycles. The molecule has 3 rings (SSSR count). The van der Waals surface area contributed by atoms with E-state index in [1.54, 1.807) is 6.92 Å². The Balaban J connectivity index is 2.04. The lowest BCUT2D eigenvalue weighted by atomic mass is 9.73. The van der Waals surface area contributed by atoms with Crippen LogP contribution in [-0.2, 0) is 24.4 Å². The highest BCUT2D eigenvalue weighted by Crippen LogP contribution is 2.45. The van der Waals surface area contributed by atoms with E-state index in [1.807, 2.05) is 50.2 Å². The predicted octanol–water partition coefficient (Wildman–Crippen LogP) is 6.37. The van der Waals surface area contributed by atoms with Gasteiger partial charge < -0.3 is 14.2 Å². The van der Waals surface area contributed by atoms with Gasteiger partial charge in [0.25, 0.3) is 0 Å². The fraction of sp³-hybridized carbons (Fsp3) is 0.400. The van der Waals surface area contributed by atoms with Gasteiger partial charge in [-0.15, -0.1) is 0 Å². The molecule has 0 N–H and O–H groups in total. The number of carbonyl (C=O) groups is 1. The van der Waals surface area contributed by atoms with Gasteiger partial charge in [-0.25, -0.2) is 4.79 Å². The summed E-state index contributed by atoms with van der Waals surface area (Å²) < 4.78 is 15.7. The Kier molecular flexibility index (Phi) is 8.16. The zero-order valence-electron chi connectivity index (χ0n) is 18.3. The van der Waals surface area contributed by atoms with Crippen LogP contribution in [-0.4, -0.2) is 35.2 Å². The highest BCUT2D eigenvalue weighted by atomic mass is 35.6. The van der Waals surface area contributed by atoms with E-state index in [0.717, 1.165) is 11.1 Å². The van der Waals surface area contributed by atoms with Gasteiger partial charge in [0, 0.05) is 6.42 Å². The summed E-state index contributed by atoms with van der Waals surface area (Å²) in [5.74, 6) is -0.0865. The average molecular weight is 498 g/mol. The number of ether oxygens (including phenoxy) is 3. The maximum atomic E-state index is 13.1. The topological polar surface area (TPSA) is 44.8 Å². The van der Waals surface area contributed by atoms with Crippen molar-refractivity contribution in [2.75, 3.05) is 13.2 Å². The first-order valence-electron chi connectivity index (χ1n) is 10.5. The number of esters is 1. The molecule has 1 aliphatic rings. The minimum atomic E-state index is -1.71. The number of hydrogen-bond acceptors (Lipinski definition) is 4. The third-order valence-electron chi connectivity index (χ3n) is 5.38. The number of allylic oxidation sites excluding steroid dienone is 1. The molecule has 1 saturated heterocycles. The molecule has 1 atom stereocenters. The molecule has 0 aromatic heterocycles. The van der Waals surface area contributed by atoms with Crippen LogP contribution in [0, 0.1) is 0 Å². The van der Waals surface area contributed by atoms with Gasteiger partial charge >= 0.3 is 5.97 Å². The lowest BCUT2D eigenvalue weighted by Gasteiger charge is -2.28. The molecule has 1 unspecified atom stereocenters. The summed E-state index contributed by atoms with van der Waals surface area (Å²) in [5.41, 5.74) is 2.07. The second-order valence-electron chi connectivity index (χ2n) is 8.13. The number of carbonyl (C=O) groups excluding carboxylic acids is 1. The summed E-state index contributed by atoms with van der Waals surface area (Å²) in [6.07, 6.45) is -0.184. The summed E-state index contributed by atoms with van der Waals surface area (Å²) in [6.45, 7) is 5.61. The van der Waals surface area contributed by atoms with E-state index in [9.17, 15) is 4.79 Å². The molecule has 0 spiro atoms. The van der Waals surface area contributed by atoms with Crippen molar-refractivity contribution in [3.63, 3.8) is 0 Å². The molecule has 4 nitrogen and oxygen atoms in total. The molecular formula is C25H27Cl3O4. The minimum absolute atomic E-state index is 0.101. The van der Waals surface area contributed by atoms with Crippen molar-refractivity contribution in [1.29, 1.82) is 0 Å². The number of halogens is 3. The first-order valence-corrected chi connectivity index (χ1v) is 11.6. The van der Waals surface area contributed by atoms with E-state index in [1.165, 1.54) is 0 Å². The van der Waals surface area contributed by atoms with Crippen LogP contribution >= 0.6 is 34.8 Å². The first-order chi connectivity index (χ1) is 15.1. The fourth-order valence-corrected chi connectivity index (χ4v) is 4.18. The SMILES string of the molecule is CC(C)OC(C)/C(C(=O)OCC(Cl)(Cl)Cl)=C1\CC(c2ccccc2)(c2ccccc2)CO1. The third kappa shape index (κ3) is 5.99. The highest BCUT2D eigenvalue weighted by molar-refractivity contribution is 6.67. The Bertz CT molecular complexity index is 897. The van der Waals surface area contributed by atoms with Gasteiger partial charge in [-0.3, -0.25) is 0 Å². The Morgan fingerprint density at radius 1 is 1.00 bits per heavy atom. The van der Waals surface area contributed by atoms with Crippen LogP contribution in [0.4, 0.5) is 0 Å². The largest absolute Gasteiger partial charge is 0.496 e. The maximum absolute atomic E-state index is 13.1. The van der Waals surface area contributed by atoms with Crippen molar-refractivity contribution in [1.82, 2.24) is 0 Å². The second kappa shape index (κ2) is 10.5. The number of benzene rings is 2. The van der Waals surface area contributed by atoms with E-state index in [4.69, 9.17) is 49.0 Å². The summed E-state index contributed by atoms with van der Waals surface area (Å²) in [7, 11) is 0. The monoisotopic (exact) mass is 496 g/mol. The van der Waals surface area contributed by atoms with E-state index in [2.05, 4.69) is 24.3 Å². The van der Waals surface area contributed by atoms with Gasteiger partial charge in [0.2, 0.25) is 3.79 Å². The quantitative estimate of drug-likeness (QED) is 0.253. The molecule has 0 amide bonds. The van der Waals surface area contributed by atoms with Crippen molar-refractivity contribution >= 4 is 40.8 Å². The summed E-state index contributed by atoms with van der Waals surface area (Å²) in [4.78, 5) is 13.1. The number of alkyl halides is 3. The normalized spacial score (nSPS) is 18.2. The van der Waals surface area contributed by atoms with Gasteiger partial charge in [0.05, 0.1) is 17.6 Å². The van der Waals surface area contributed by atoms with Crippen LogP contribution in [0.3, 0.4) is 0 Å². The average Bonchev–Trinajstić information content (AvgIpc) is 3.19. The molecule has 172 valence electrons. The standard InChI is InChI=1S/C25H27Cl3O4/c1-17(2)32-18(3)22(23(29)31-16-25(26,27)28)21-14-24(15-30-21,19-10-6-4-7-11-19)20-12-8-5-9-13-20/h4-13,17-18H,14-16H2,1-3H3/b22-21-. The van der Waals surface area contributed by atoms with Crippen molar-refractivity contribution in [3.8, 4) is 0 Å². The second-order valence-corrected chi connectivity index (χ2v) is 10.7. The van der Waals surface area contributed by atoms with Crippen molar-refractivity contribution in [3.05, 3.63) is 83.1 Å². The van der Waals surface area contributed by atoms with Gasteiger partial charge in [0.15, 0.2) is 0 Å². The molecular weight excluding hydrogens is 471 g/mol. The maximum Gasteiger partial charge on any atom is 0.340 e. The van der Waals surface area contributed by atoms with Crippen molar-refractivity contribution in [2.24, 2.45) is 0 Å².